The fourth-order valence-electron chi connectivity index (χ4n) is 2.13. The van der Waals surface area contributed by atoms with Gasteiger partial charge in [0.15, 0.2) is 0 Å². The lowest BCUT2D eigenvalue weighted by Crippen LogP contribution is -2.20. The van der Waals surface area contributed by atoms with E-state index in [1.807, 2.05) is 6.08 Å². The fraction of sp³-hybridized carbons (Fsp3) is 0.467. The predicted molar refractivity (Wildman–Crippen MR) is 71.8 cm³/mol. The van der Waals surface area contributed by atoms with E-state index in [1.165, 1.54) is 16.7 Å². The first-order valence-electron chi connectivity index (χ1n) is 6.09. The second-order valence-corrected chi connectivity index (χ2v) is 4.40. The van der Waals surface area contributed by atoms with Crippen LogP contribution in [0.2, 0.25) is 0 Å². The average molecular weight is 217 g/mol. The van der Waals surface area contributed by atoms with Gasteiger partial charge in [0.2, 0.25) is 0 Å². The lowest BCUT2D eigenvalue weighted by atomic mass is 9.98. The maximum absolute atomic E-state index is 3.79. The first kappa shape index (κ1) is 13.0. The number of nitrogens with one attached hydrogen (secondary N) is 1. The van der Waals surface area contributed by atoms with Gasteiger partial charge in [0.25, 0.3) is 0 Å². The van der Waals surface area contributed by atoms with Gasteiger partial charge in [-0.25, -0.2) is 0 Å². The molecule has 0 saturated heterocycles. The van der Waals surface area contributed by atoms with Crippen LogP contribution in [0.5, 0.6) is 0 Å². The summed E-state index contributed by atoms with van der Waals surface area (Å²) in [5.74, 6) is 0. The van der Waals surface area contributed by atoms with Crippen LogP contribution in [0.25, 0.3) is 0 Å². The molecule has 1 rings (SSSR count). The Hall–Kier alpha value is -1.08. The van der Waals surface area contributed by atoms with Gasteiger partial charge < -0.3 is 5.32 Å². The van der Waals surface area contributed by atoms with Crippen LogP contribution in [0.4, 0.5) is 0 Å². The van der Waals surface area contributed by atoms with Crippen molar-refractivity contribution in [3.8, 4) is 0 Å². The molecule has 1 aromatic carbocycles. The molecule has 88 valence electrons. The van der Waals surface area contributed by atoms with Crippen molar-refractivity contribution in [1.82, 2.24) is 5.32 Å². The summed E-state index contributed by atoms with van der Waals surface area (Å²) in [4.78, 5) is 0. The molecule has 0 amide bonds. The molecule has 1 aromatic rings. The van der Waals surface area contributed by atoms with Gasteiger partial charge in [-0.3, -0.25) is 0 Å². The zero-order chi connectivity index (χ0) is 12.0. The van der Waals surface area contributed by atoms with Gasteiger partial charge in [0.1, 0.15) is 0 Å². The third kappa shape index (κ3) is 3.82. The number of aryl methyl sites for hydroxylation is 2. The summed E-state index contributed by atoms with van der Waals surface area (Å²) >= 11 is 0. The first-order chi connectivity index (χ1) is 7.67. The van der Waals surface area contributed by atoms with Gasteiger partial charge in [-0.05, 0) is 38.8 Å². The Bertz CT molecular complexity index is 321. The largest absolute Gasteiger partial charge is 0.310 e. The van der Waals surface area contributed by atoms with Gasteiger partial charge in [0.05, 0.1) is 0 Å². The molecule has 16 heavy (non-hydrogen) atoms. The van der Waals surface area contributed by atoms with Gasteiger partial charge in [-0.2, -0.15) is 0 Å². The van der Waals surface area contributed by atoms with E-state index in [0.29, 0.717) is 6.04 Å². The SMILES string of the molecule is C=CCCC(NCC)c1cc(C)cc(C)c1. The highest BCUT2D eigenvalue weighted by Gasteiger charge is 2.09. The van der Waals surface area contributed by atoms with Crippen molar-refractivity contribution in [3.05, 3.63) is 47.5 Å². The van der Waals surface area contributed by atoms with Crippen molar-refractivity contribution in [2.75, 3.05) is 6.54 Å². The Morgan fingerprint density at radius 2 is 1.88 bits per heavy atom. The monoisotopic (exact) mass is 217 g/mol. The summed E-state index contributed by atoms with van der Waals surface area (Å²) in [6, 6.07) is 7.24. The zero-order valence-electron chi connectivity index (χ0n) is 10.7. The molecule has 0 aliphatic carbocycles. The number of allylic oxidation sites excluding steroid dienone is 1. The molecule has 0 aromatic heterocycles. The van der Waals surface area contributed by atoms with Crippen LogP contribution in [-0.2, 0) is 0 Å². The van der Waals surface area contributed by atoms with Crippen LogP contribution in [0.3, 0.4) is 0 Å². The Balaban J connectivity index is 2.85. The third-order valence-corrected chi connectivity index (χ3v) is 2.76. The quantitative estimate of drug-likeness (QED) is 0.712. The maximum Gasteiger partial charge on any atom is 0.0323 e. The smallest absolute Gasteiger partial charge is 0.0323 e. The molecule has 1 unspecified atom stereocenters. The Morgan fingerprint density at radius 1 is 1.25 bits per heavy atom. The van der Waals surface area contributed by atoms with E-state index in [0.717, 1.165) is 19.4 Å². The van der Waals surface area contributed by atoms with Gasteiger partial charge in [-0.15, -0.1) is 6.58 Å². The highest BCUT2D eigenvalue weighted by molar-refractivity contribution is 5.30. The predicted octanol–water partition coefficient (Wildman–Crippen LogP) is 3.92. The van der Waals surface area contributed by atoms with Crippen LogP contribution in [0, 0.1) is 13.8 Å². The lowest BCUT2D eigenvalue weighted by molar-refractivity contribution is 0.519. The van der Waals surface area contributed by atoms with Crippen LogP contribution >= 0.6 is 0 Å². The van der Waals surface area contributed by atoms with E-state index in [-0.39, 0.29) is 0 Å². The Kier molecular flexibility index (Phi) is 5.27. The number of rotatable bonds is 6. The highest BCUT2D eigenvalue weighted by Crippen LogP contribution is 2.21. The van der Waals surface area contributed by atoms with E-state index in [2.05, 4.69) is 50.9 Å². The maximum atomic E-state index is 3.79. The number of hydrogen-bond donors (Lipinski definition) is 1. The average Bonchev–Trinajstić information content (AvgIpc) is 2.22. The molecule has 0 spiro atoms. The first-order valence-corrected chi connectivity index (χ1v) is 6.09. The third-order valence-electron chi connectivity index (χ3n) is 2.76. The summed E-state index contributed by atoms with van der Waals surface area (Å²) in [6.07, 6.45) is 4.18. The molecule has 0 aliphatic rings. The summed E-state index contributed by atoms with van der Waals surface area (Å²) in [7, 11) is 0. The van der Waals surface area contributed by atoms with Crippen LogP contribution in [-0.4, -0.2) is 6.54 Å². The molecule has 0 saturated carbocycles. The normalized spacial score (nSPS) is 12.4. The minimum absolute atomic E-state index is 0.460. The molecule has 1 nitrogen and oxygen atoms in total. The molecule has 1 atom stereocenters. The van der Waals surface area contributed by atoms with Crippen molar-refractivity contribution in [1.29, 1.82) is 0 Å². The van der Waals surface area contributed by atoms with Gasteiger partial charge >= 0.3 is 0 Å². The molecule has 1 N–H and O–H groups in total. The zero-order valence-corrected chi connectivity index (χ0v) is 10.7. The van der Waals surface area contributed by atoms with Crippen molar-refractivity contribution < 1.29 is 0 Å². The molecule has 0 aliphatic heterocycles. The topological polar surface area (TPSA) is 12.0 Å². The summed E-state index contributed by atoms with van der Waals surface area (Å²) in [5, 5.41) is 3.54. The number of benzene rings is 1. The van der Waals surface area contributed by atoms with E-state index < -0.39 is 0 Å². The lowest BCUT2D eigenvalue weighted by Gasteiger charge is -2.18. The van der Waals surface area contributed by atoms with E-state index in [4.69, 9.17) is 0 Å². The minimum atomic E-state index is 0.460. The van der Waals surface area contributed by atoms with Crippen molar-refractivity contribution in [2.24, 2.45) is 0 Å². The highest BCUT2D eigenvalue weighted by atomic mass is 14.9. The molecule has 0 radical (unpaired) electrons. The second-order valence-electron chi connectivity index (χ2n) is 4.40. The summed E-state index contributed by atoms with van der Waals surface area (Å²) < 4.78 is 0. The Morgan fingerprint density at radius 3 is 2.38 bits per heavy atom. The molecule has 0 heterocycles. The van der Waals surface area contributed by atoms with E-state index in [1.54, 1.807) is 0 Å². The molecule has 0 bridgehead atoms. The van der Waals surface area contributed by atoms with Gasteiger partial charge in [0, 0.05) is 6.04 Å². The molecular formula is C15H23N. The molecule has 0 fully saturated rings. The number of hydrogen-bond acceptors (Lipinski definition) is 1. The van der Waals surface area contributed by atoms with Crippen LogP contribution in [0.1, 0.15) is 42.5 Å². The van der Waals surface area contributed by atoms with E-state index in [9.17, 15) is 0 Å². The Labute approximate surface area is 99.6 Å². The van der Waals surface area contributed by atoms with Crippen LogP contribution in [0.15, 0.2) is 30.9 Å². The van der Waals surface area contributed by atoms with Crippen molar-refractivity contribution >= 4 is 0 Å². The summed E-state index contributed by atoms with van der Waals surface area (Å²) in [5.41, 5.74) is 4.09. The molecule has 1 heteroatoms. The second kappa shape index (κ2) is 6.49. The summed E-state index contributed by atoms with van der Waals surface area (Å²) in [6.45, 7) is 11.3. The minimum Gasteiger partial charge on any atom is -0.310 e. The van der Waals surface area contributed by atoms with Crippen molar-refractivity contribution in [2.45, 2.75) is 39.7 Å². The van der Waals surface area contributed by atoms with Crippen molar-refractivity contribution in [3.63, 3.8) is 0 Å². The van der Waals surface area contributed by atoms with Crippen LogP contribution < -0.4 is 5.32 Å². The fourth-order valence-corrected chi connectivity index (χ4v) is 2.13. The van der Waals surface area contributed by atoms with E-state index >= 15 is 0 Å². The standard InChI is InChI=1S/C15H23N/c1-5-7-8-15(16-6-2)14-10-12(3)9-13(4)11-14/h5,9-11,15-16H,1,6-8H2,2-4H3. The van der Waals surface area contributed by atoms with Gasteiger partial charge in [-0.1, -0.05) is 42.3 Å². The molecular weight excluding hydrogens is 194 g/mol.